The zero-order valence-corrected chi connectivity index (χ0v) is 17.1. The number of hydrogen-bond acceptors (Lipinski definition) is 4. The van der Waals surface area contributed by atoms with Crippen molar-refractivity contribution in [3.63, 3.8) is 0 Å². The van der Waals surface area contributed by atoms with Gasteiger partial charge in [0.05, 0.1) is 19.4 Å². The third kappa shape index (κ3) is 13.0. The van der Waals surface area contributed by atoms with E-state index in [9.17, 15) is 9.59 Å². The molecule has 0 spiro atoms. The van der Waals surface area contributed by atoms with Crippen molar-refractivity contribution in [1.29, 1.82) is 0 Å². The Morgan fingerprint density at radius 1 is 0.741 bits per heavy atom. The normalized spacial score (nSPS) is 10.6. The number of esters is 2. The molecule has 0 unspecified atom stereocenters. The molecule has 0 amide bonds. The summed E-state index contributed by atoms with van der Waals surface area (Å²) in [5.74, 6) is -0.231. The third-order valence-corrected chi connectivity index (χ3v) is 4.55. The van der Waals surface area contributed by atoms with E-state index in [-0.39, 0.29) is 18.8 Å². The highest BCUT2D eigenvalue weighted by Crippen LogP contribution is 2.13. The molecule has 0 aromatic heterocycles. The van der Waals surface area contributed by atoms with E-state index < -0.39 is 5.97 Å². The molecule has 0 aliphatic carbocycles. The van der Waals surface area contributed by atoms with Gasteiger partial charge >= 0.3 is 11.9 Å². The van der Waals surface area contributed by atoms with Crippen LogP contribution in [0.25, 0.3) is 0 Å². The maximum Gasteiger partial charge on any atom is 0.311 e. The van der Waals surface area contributed by atoms with Crippen molar-refractivity contribution in [2.45, 2.75) is 90.9 Å². The molecule has 0 aliphatic rings. The standard InChI is InChI=1S/C23H36O4/c1-3-4-5-6-7-8-9-10-11-12-19-26-22(24)17-18-23(25)27-21-15-13-20(2)14-16-21/h13-16H,3-12,17-19H2,1-2H3. The molecule has 4 nitrogen and oxygen atoms in total. The van der Waals surface area contributed by atoms with Crippen LogP contribution in [0.1, 0.15) is 89.5 Å². The van der Waals surface area contributed by atoms with Crippen LogP contribution in [0.3, 0.4) is 0 Å². The summed E-state index contributed by atoms with van der Waals surface area (Å²) in [6.07, 6.45) is 12.6. The fraction of sp³-hybridized carbons (Fsp3) is 0.652. The van der Waals surface area contributed by atoms with Gasteiger partial charge < -0.3 is 9.47 Å². The number of hydrogen-bond donors (Lipinski definition) is 0. The summed E-state index contributed by atoms with van der Waals surface area (Å²) in [6.45, 7) is 4.66. The number of unbranched alkanes of at least 4 members (excludes halogenated alkanes) is 9. The van der Waals surface area contributed by atoms with E-state index in [0.717, 1.165) is 18.4 Å². The largest absolute Gasteiger partial charge is 0.466 e. The Bertz CT molecular complexity index is 522. The lowest BCUT2D eigenvalue weighted by atomic mass is 10.1. The van der Waals surface area contributed by atoms with Crippen molar-refractivity contribution in [2.24, 2.45) is 0 Å². The average molecular weight is 377 g/mol. The molecule has 0 atom stereocenters. The smallest absolute Gasteiger partial charge is 0.311 e. The van der Waals surface area contributed by atoms with Crippen molar-refractivity contribution in [3.8, 4) is 5.75 Å². The van der Waals surface area contributed by atoms with Gasteiger partial charge in [0.2, 0.25) is 0 Å². The van der Waals surface area contributed by atoms with E-state index in [2.05, 4.69) is 6.92 Å². The van der Waals surface area contributed by atoms with Gasteiger partial charge in [0.1, 0.15) is 5.75 Å². The number of aryl methyl sites for hydroxylation is 1. The molecule has 0 bridgehead atoms. The van der Waals surface area contributed by atoms with E-state index in [0.29, 0.717) is 12.4 Å². The Balaban J connectivity index is 1.93. The first kappa shape index (κ1) is 23.2. The number of ether oxygens (including phenoxy) is 2. The molecule has 0 saturated heterocycles. The maximum atomic E-state index is 11.7. The number of benzene rings is 1. The van der Waals surface area contributed by atoms with E-state index in [4.69, 9.17) is 9.47 Å². The second-order valence-electron chi connectivity index (χ2n) is 7.19. The number of carbonyl (C=O) groups excluding carboxylic acids is 2. The van der Waals surface area contributed by atoms with Crippen LogP contribution in [0, 0.1) is 6.92 Å². The van der Waals surface area contributed by atoms with Crippen molar-refractivity contribution in [3.05, 3.63) is 29.8 Å². The minimum Gasteiger partial charge on any atom is -0.466 e. The summed E-state index contributed by atoms with van der Waals surface area (Å²) in [7, 11) is 0. The zero-order chi connectivity index (χ0) is 19.7. The lowest BCUT2D eigenvalue weighted by Crippen LogP contribution is -2.12. The molecule has 0 heterocycles. The average Bonchev–Trinajstić information content (AvgIpc) is 2.66. The van der Waals surface area contributed by atoms with Gasteiger partial charge in [-0.3, -0.25) is 9.59 Å². The maximum absolute atomic E-state index is 11.7. The minimum atomic E-state index is -0.408. The van der Waals surface area contributed by atoms with Crippen molar-refractivity contribution in [2.75, 3.05) is 6.61 Å². The van der Waals surface area contributed by atoms with Crippen LogP contribution in [0.2, 0.25) is 0 Å². The highest BCUT2D eigenvalue weighted by atomic mass is 16.5. The van der Waals surface area contributed by atoms with E-state index in [1.165, 1.54) is 51.4 Å². The van der Waals surface area contributed by atoms with Crippen LogP contribution in [0.15, 0.2) is 24.3 Å². The van der Waals surface area contributed by atoms with Gasteiger partial charge in [0.25, 0.3) is 0 Å². The number of carbonyl (C=O) groups is 2. The molecule has 0 saturated carbocycles. The van der Waals surface area contributed by atoms with Gasteiger partial charge in [-0.2, -0.15) is 0 Å². The summed E-state index contributed by atoms with van der Waals surface area (Å²) in [6, 6.07) is 7.25. The van der Waals surface area contributed by atoms with Crippen molar-refractivity contribution < 1.29 is 19.1 Å². The Morgan fingerprint density at radius 3 is 1.85 bits per heavy atom. The predicted octanol–water partition coefficient (Wildman–Crippen LogP) is 6.14. The third-order valence-electron chi connectivity index (χ3n) is 4.55. The molecule has 0 N–H and O–H groups in total. The number of rotatable bonds is 15. The van der Waals surface area contributed by atoms with Crippen LogP contribution >= 0.6 is 0 Å². The summed E-state index contributed by atoms with van der Waals surface area (Å²) in [5, 5.41) is 0. The fourth-order valence-corrected chi connectivity index (χ4v) is 2.84. The van der Waals surface area contributed by atoms with Crippen molar-refractivity contribution >= 4 is 11.9 Å². The van der Waals surface area contributed by atoms with Crippen LogP contribution in [-0.2, 0) is 14.3 Å². The highest BCUT2D eigenvalue weighted by molar-refractivity contribution is 5.78. The van der Waals surface area contributed by atoms with Crippen molar-refractivity contribution in [1.82, 2.24) is 0 Å². The van der Waals surface area contributed by atoms with Gasteiger partial charge in [-0.25, -0.2) is 0 Å². The fourth-order valence-electron chi connectivity index (χ4n) is 2.84. The SMILES string of the molecule is CCCCCCCCCCCCOC(=O)CCC(=O)Oc1ccc(C)cc1. The predicted molar refractivity (Wildman–Crippen MR) is 109 cm³/mol. The molecule has 0 aliphatic heterocycles. The summed E-state index contributed by atoms with van der Waals surface area (Å²) in [4.78, 5) is 23.4. The highest BCUT2D eigenvalue weighted by Gasteiger charge is 2.10. The lowest BCUT2D eigenvalue weighted by molar-refractivity contribution is -0.147. The molecule has 1 aromatic carbocycles. The first-order valence-electron chi connectivity index (χ1n) is 10.5. The quantitative estimate of drug-likeness (QED) is 0.209. The zero-order valence-electron chi connectivity index (χ0n) is 17.1. The Hall–Kier alpha value is -1.84. The molecular weight excluding hydrogens is 340 g/mol. The molecular formula is C23H36O4. The molecule has 0 fully saturated rings. The van der Waals surface area contributed by atoms with Crippen LogP contribution in [0.5, 0.6) is 5.75 Å². The van der Waals surface area contributed by atoms with Crippen LogP contribution in [0.4, 0.5) is 0 Å². The molecule has 4 heteroatoms. The minimum absolute atomic E-state index is 0.0464. The first-order chi connectivity index (χ1) is 13.1. The summed E-state index contributed by atoms with van der Waals surface area (Å²) < 4.78 is 10.4. The molecule has 0 radical (unpaired) electrons. The summed E-state index contributed by atoms with van der Waals surface area (Å²) >= 11 is 0. The second kappa shape index (κ2) is 15.2. The Kier molecular flexibility index (Phi) is 13.1. The topological polar surface area (TPSA) is 52.6 Å². The van der Waals surface area contributed by atoms with Gasteiger partial charge in [-0.05, 0) is 25.5 Å². The monoisotopic (exact) mass is 376 g/mol. The molecule has 1 aromatic rings. The van der Waals surface area contributed by atoms with Crippen LogP contribution < -0.4 is 4.74 Å². The van der Waals surface area contributed by atoms with E-state index in [1.807, 2.05) is 19.1 Å². The van der Waals surface area contributed by atoms with Crippen LogP contribution in [-0.4, -0.2) is 18.5 Å². The van der Waals surface area contributed by atoms with Gasteiger partial charge in [-0.1, -0.05) is 82.4 Å². The molecule has 152 valence electrons. The lowest BCUT2D eigenvalue weighted by Gasteiger charge is -2.06. The molecule has 27 heavy (non-hydrogen) atoms. The summed E-state index contributed by atoms with van der Waals surface area (Å²) in [5.41, 5.74) is 1.10. The van der Waals surface area contributed by atoms with E-state index >= 15 is 0 Å². The first-order valence-corrected chi connectivity index (χ1v) is 10.5. The second-order valence-corrected chi connectivity index (χ2v) is 7.19. The Morgan fingerprint density at radius 2 is 1.26 bits per heavy atom. The Labute approximate surface area is 164 Å². The van der Waals surface area contributed by atoms with E-state index in [1.54, 1.807) is 12.1 Å². The van der Waals surface area contributed by atoms with Gasteiger partial charge in [0, 0.05) is 0 Å². The van der Waals surface area contributed by atoms with Gasteiger partial charge in [0.15, 0.2) is 0 Å². The molecule has 1 rings (SSSR count). The van der Waals surface area contributed by atoms with Gasteiger partial charge in [-0.15, -0.1) is 0 Å².